The van der Waals surface area contributed by atoms with Crippen molar-refractivity contribution in [1.82, 2.24) is 4.98 Å². The minimum Gasteiger partial charge on any atom is -0.361 e. The third-order valence-electron chi connectivity index (χ3n) is 1.46. The number of benzene rings is 1. The number of aromatic amines is 1. The zero-order chi connectivity index (χ0) is 6.10. The molecule has 0 aliphatic rings. The fourth-order valence-corrected chi connectivity index (χ4v) is 0.995. The van der Waals surface area contributed by atoms with Crippen molar-refractivity contribution in [2.24, 2.45) is 0 Å². The van der Waals surface area contributed by atoms with E-state index < -0.39 is 0 Å². The molecule has 0 aliphatic carbocycles. The molecule has 9 heavy (non-hydrogen) atoms. The quantitative estimate of drug-likeness (QED) is 0.561. The van der Waals surface area contributed by atoms with Crippen LogP contribution in [0.2, 0.25) is 0 Å². The van der Waals surface area contributed by atoms with Crippen LogP contribution in [-0.4, -0.2) is 4.98 Å². The van der Waals surface area contributed by atoms with Crippen LogP contribution in [0.15, 0.2) is 36.5 Å². The Morgan fingerprint density at radius 1 is 1.22 bits per heavy atom. The molecule has 0 radical (unpaired) electrons. The molecule has 0 spiro atoms. The van der Waals surface area contributed by atoms with Crippen molar-refractivity contribution in [2.45, 2.75) is 0 Å². The molecule has 1 heterocycles. The Morgan fingerprint density at radius 3 is 3.00 bits per heavy atom. The maximum Gasteiger partial charge on any atom is 0.0453 e. The van der Waals surface area contributed by atoms with Gasteiger partial charge in [0.05, 0.1) is 0 Å². The highest BCUT2D eigenvalue weighted by atomic mass is 15.8. The normalized spacial score (nSPS) is 10.2. The fourth-order valence-electron chi connectivity index (χ4n) is 0.995. The molecule has 0 bridgehead atoms. The Hall–Kier alpha value is -1.24. The van der Waals surface area contributed by atoms with Gasteiger partial charge in [0.25, 0.3) is 0 Å². The lowest BCUT2D eigenvalue weighted by Gasteiger charge is -1.83. The summed E-state index contributed by atoms with van der Waals surface area (Å²) in [4.78, 5) is 3.12. The number of fused-ring (bicyclic) bond motifs is 1. The first-order chi connectivity index (χ1) is 4.47. The first-order valence-corrected chi connectivity index (χ1v) is 2.99. The molecule has 2 aromatic rings. The van der Waals surface area contributed by atoms with Crippen molar-refractivity contribution in [2.75, 3.05) is 0 Å². The summed E-state index contributed by atoms with van der Waals surface area (Å²) in [6.07, 6.45) is 1.95. The SMILES string of the molecule is c1c[14c]2[14cH][14cH][14cH][14cH][14c]2[nH]1. The zero-order valence-electron chi connectivity index (χ0n) is 4.96. The number of para-hydroxylation sites is 1. The summed E-state index contributed by atoms with van der Waals surface area (Å²) in [5.41, 5.74) is 1.21. The molecule has 0 atom stereocenters. The van der Waals surface area contributed by atoms with Crippen molar-refractivity contribution >= 4 is 10.9 Å². The van der Waals surface area contributed by atoms with Crippen LogP contribution in [0.3, 0.4) is 0 Å². The Morgan fingerprint density at radius 2 is 2.11 bits per heavy atom. The molecule has 0 saturated carbocycles. The van der Waals surface area contributed by atoms with Crippen LogP contribution in [0.4, 0.5) is 0 Å². The fraction of sp³-hybridized carbons (Fsp3) is 0. The molecule has 1 aromatic carbocycles. The van der Waals surface area contributed by atoms with E-state index in [1.165, 1.54) is 10.9 Å². The highest BCUT2D eigenvalue weighted by Gasteiger charge is 1.86. The van der Waals surface area contributed by atoms with Crippen molar-refractivity contribution in [3.8, 4) is 0 Å². The van der Waals surface area contributed by atoms with Crippen LogP contribution in [0, 0.1) is 0 Å². The number of hydrogen-bond donors (Lipinski definition) is 1. The molecule has 1 N–H and O–H groups in total. The van der Waals surface area contributed by atoms with Crippen LogP contribution in [0.25, 0.3) is 10.9 Å². The van der Waals surface area contributed by atoms with Crippen molar-refractivity contribution in [3.63, 3.8) is 0 Å². The molecular weight excluding hydrogens is 122 g/mol. The van der Waals surface area contributed by atoms with E-state index in [0.29, 0.717) is 0 Å². The standard InChI is InChI=1S/C8H7N/c1-2-4-8-7(3-1)5-6-9-8/h1-6,9H/i1+2,2+2,3+2,4+2,7+2,8+2. The van der Waals surface area contributed by atoms with Gasteiger partial charge in [-0.15, -0.1) is 0 Å². The maximum absolute atomic E-state index is 3.12. The van der Waals surface area contributed by atoms with Crippen molar-refractivity contribution < 1.29 is 0 Å². The van der Waals surface area contributed by atoms with Crippen LogP contribution < -0.4 is 0 Å². The molecule has 0 fully saturated rings. The third kappa shape index (κ3) is 0.617. The van der Waals surface area contributed by atoms with Gasteiger partial charge in [0.2, 0.25) is 0 Å². The Bertz CT molecular complexity index is 279. The van der Waals surface area contributed by atoms with E-state index in [1.807, 2.05) is 18.3 Å². The van der Waals surface area contributed by atoms with Gasteiger partial charge in [0, 0.05) is 11.7 Å². The summed E-state index contributed by atoms with van der Waals surface area (Å²) in [6.45, 7) is 0. The molecule has 0 unspecified atom stereocenters. The largest absolute Gasteiger partial charge is 0.361 e. The topological polar surface area (TPSA) is 15.8 Å². The van der Waals surface area contributed by atoms with Gasteiger partial charge in [-0.25, -0.2) is 0 Å². The first-order valence-electron chi connectivity index (χ1n) is 2.99. The monoisotopic (exact) mass is 129 g/mol. The Labute approximate surface area is 53.3 Å². The summed E-state index contributed by atoms with van der Waals surface area (Å²) in [5, 5.41) is 1.28. The molecule has 1 heteroatoms. The number of H-pyrrole nitrogens is 1. The highest BCUT2D eigenvalue weighted by molar-refractivity contribution is 5.78. The Balaban J connectivity index is 2.95. The second kappa shape index (κ2) is 1.62. The van der Waals surface area contributed by atoms with Crippen LogP contribution in [0.1, 0.15) is 0 Å². The van der Waals surface area contributed by atoms with E-state index in [2.05, 4.69) is 23.2 Å². The highest BCUT2D eigenvalue weighted by Crippen LogP contribution is 2.09. The molecule has 1 aromatic heterocycles. The van der Waals surface area contributed by atoms with Gasteiger partial charge in [-0.2, -0.15) is 0 Å². The second-order valence-corrected chi connectivity index (χ2v) is 2.06. The van der Waals surface area contributed by atoms with Crippen LogP contribution in [-0.2, 0) is 0 Å². The smallest absolute Gasteiger partial charge is 0.0453 e. The summed E-state index contributed by atoms with van der Waals surface area (Å²) >= 11 is 0. The van der Waals surface area contributed by atoms with E-state index in [1.54, 1.807) is 0 Å². The number of aromatic nitrogens is 1. The number of nitrogens with one attached hydrogen (secondary N) is 1. The predicted octanol–water partition coefficient (Wildman–Crippen LogP) is 2.17. The molecule has 0 amide bonds. The average Bonchev–Trinajstić information content (AvgIpc) is 2.33. The van der Waals surface area contributed by atoms with Gasteiger partial charge in [0.1, 0.15) is 0 Å². The summed E-state index contributed by atoms with van der Waals surface area (Å²) in [6, 6.07) is 10.3. The molecule has 1 nitrogen and oxygen atoms in total. The summed E-state index contributed by atoms with van der Waals surface area (Å²) in [5.74, 6) is 0. The average molecular weight is 129 g/mol. The van der Waals surface area contributed by atoms with E-state index in [0.717, 1.165) is 0 Å². The van der Waals surface area contributed by atoms with Gasteiger partial charge in [-0.3, -0.25) is 0 Å². The van der Waals surface area contributed by atoms with E-state index in [-0.39, 0.29) is 0 Å². The van der Waals surface area contributed by atoms with E-state index in [4.69, 9.17) is 0 Å². The molecule has 0 aliphatic heterocycles. The maximum atomic E-state index is 3.12. The minimum atomic E-state index is 1.21. The summed E-state index contributed by atoms with van der Waals surface area (Å²) < 4.78 is 0. The first kappa shape index (κ1) is 4.62. The predicted molar refractivity (Wildman–Crippen MR) is 38.3 cm³/mol. The lowest BCUT2D eigenvalue weighted by molar-refractivity contribution is 1.48. The van der Waals surface area contributed by atoms with Gasteiger partial charge >= 0.3 is 0 Å². The number of rotatable bonds is 0. The second-order valence-electron chi connectivity index (χ2n) is 2.06. The molecule has 2 rings (SSSR count). The molecule has 0 saturated heterocycles. The van der Waals surface area contributed by atoms with Crippen molar-refractivity contribution in [1.29, 1.82) is 0 Å². The van der Waals surface area contributed by atoms with Crippen LogP contribution in [0.5, 0.6) is 0 Å². The summed E-state index contributed by atoms with van der Waals surface area (Å²) in [7, 11) is 0. The van der Waals surface area contributed by atoms with Gasteiger partial charge in [-0.1, -0.05) is 18.2 Å². The van der Waals surface area contributed by atoms with E-state index in [9.17, 15) is 0 Å². The van der Waals surface area contributed by atoms with Gasteiger partial charge in [0.15, 0.2) is 0 Å². The Kier molecular flexibility index (Phi) is 0.833. The van der Waals surface area contributed by atoms with Gasteiger partial charge < -0.3 is 4.98 Å². The lowest BCUT2D eigenvalue weighted by Crippen LogP contribution is -1.61. The third-order valence-corrected chi connectivity index (χ3v) is 1.46. The minimum absolute atomic E-state index is 1.21. The molecular formula is C8H7N. The van der Waals surface area contributed by atoms with E-state index >= 15 is 0 Å². The lowest BCUT2D eigenvalue weighted by atomic mass is 11.0. The molecule has 44 valence electrons. The van der Waals surface area contributed by atoms with Gasteiger partial charge in [-0.05, 0) is 17.5 Å². The number of hydrogen-bond acceptors (Lipinski definition) is 0. The zero-order valence-corrected chi connectivity index (χ0v) is 4.96. The van der Waals surface area contributed by atoms with Crippen molar-refractivity contribution in [3.05, 3.63) is 36.5 Å². The van der Waals surface area contributed by atoms with Crippen LogP contribution >= 0.6 is 0 Å².